The van der Waals surface area contributed by atoms with E-state index >= 15 is 0 Å². The van der Waals surface area contributed by atoms with Crippen LogP contribution in [0.4, 0.5) is 0 Å². The molecular formula is C32H31N5OS2. The summed E-state index contributed by atoms with van der Waals surface area (Å²) >= 11 is 3.29. The summed E-state index contributed by atoms with van der Waals surface area (Å²) in [7, 11) is 0. The van der Waals surface area contributed by atoms with E-state index in [0.717, 1.165) is 66.2 Å². The van der Waals surface area contributed by atoms with Gasteiger partial charge >= 0.3 is 0 Å². The van der Waals surface area contributed by atoms with Crippen molar-refractivity contribution in [3.63, 3.8) is 0 Å². The van der Waals surface area contributed by atoms with E-state index in [1.165, 1.54) is 22.2 Å². The highest BCUT2D eigenvalue weighted by Crippen LogP contribution is 2.34. The molecule has 0 spiro atoms. The number of aliphatic imine (C=N–C) groups is 1. The van der Waals surface area contributed by atoms with E-state index in [1.54, 1.807) is 0 Å². The summed E-state index contributed by atoms with van der Waals surface area (Å²) in [5.74, 6) is 0.850. The first-order valence-corrected chi connectivity index (χ1v) is 15.4. The number of benzene rings is 3. The van der Waals surface area contributed by atoms with Gasteiger partial charge in [-0.25, -0.2) is 4.68 Å². The summed E-state index contributed by atoms with van der Waals surface area (Å²) in [4.78, 5) is 24.0. The lowest BCUT2D eigenvalue weighted by Crippen LogP contribution is -2.47. The van der Waals surface area contributed by atoms with Gasteiger partial charge < -0.3 is 4.90 Å². The number of para-hydroxylation sites is 1. The maximum Gasteiger partial charge on any atom is 0.286 e. The second-order valence-corrected chi connectivity index (χ2v) is 12.1. The number of piperazine rings is 1. The largest absolute Gasteiger partial charge is 0.348 e. The number of nitrogens with zero attached hydrogens (tertiary/aromatic N) is 5. The van der Waals surface area contributed by atoms with Gasteiger partial charge in [0.15, 0.2) is 5.17 Å². The molecule has 0 N–H and O–H groups in total. The molecule has 6 rings (SSSR count). The molecule has 1 aromatic heterocycles. The molecular weight excluding hydrogens is 535 g/mol. The quantitative estimate of drug-likeness (QED) is 0.190. The number of carbonyl (C=O) groups excluding carboxylic acids is 1. The number of hydrogen-bond acceptors (Lipinski definition) is 6. The number of aromatic nitrogens is 2. The van der Waals surface area contributed by atoms with Gasteiger partial charge in [-0.1, -0.05) is 67.6 Å². The third kappa shape index (κ3) is 6.09. The highest BCUT2D eigenvalue weighted by atomic mass is 32.2. The fourth-order valence-electron chi connectivity index (χ4n) is 4.92. The van der Waals surface area contributed by atoms with Gasteiger partial charge in [0.25, 0.3) is 5.91 Å². The molecule has 1 fully saturated rings. The van der Waals surface area contributed by atoms with E-state index in [0.29, 0.717) is 4.91 Å². The van der Waals surface area contributed by atoms with Crippen molar-refractivity contribution >= 4 is 40.7 Å². The standard InChI is InChI=1S/C32H31N5OS2/c1-2-39-28-15-13-25(14-16-28)30-26(23-37(34-30)27-11-7-4-8-12-27)21-29-31(38)33-32(40-29)36-19-17-35(18-20-36)22-24-9-5-3-6-10-24/h3-16,21,23H,2,17-20,22H2,1H3. The molecule has 1 amide bonds. The molecule has 202 valence electrons. The zero-order chi connectivity index (χ0) is 27.3. The van der Waals surface area contributed by atoms with E-state index in [9.17, 15) is 4.79 Å². The summed E-state index contributed by atoms with van der Waals surface area (Å²) in [6.45, 7) is 6.72. The van der Waals surface area contributed by atoms with Crippen LogP contribution in [-0.4, -0.2) is 62.6 Å². The molecule has 6 nitrogen and oxygen atoms in total. The van der Waals surface area contributed by atoms with Gasteiger partial charge in [-0.15, -0.1) is 11.8 Å². The number of hydrogen-bond donors (Lipinski definition) is 0. The van der Waals surface area contributed by atoms with Crippen molar-refractivity contribution in [3.8, 4) is 16.9 Å². The highest BCUT2D eigenvalue weighted by molar-refractivity contribution is 8.18. The van der Waals surface area contributed by atoms with Gasteiger partial charge in [-0.05, 0) is 53.4 Å². The maximum atomic E-state index is 13.0. The maximum absolute atomic E-state index is 13.0. The predicted molar refractivity (Wildman–Crippen MR) is 167 cm³/mol. The average molecular weight is 566 g/mol. The lowest BCUT2D eigenvalue weighted by atomic mass is 10.1. The number of amidine groups is 1. The SMILES string of the molecule is CCSc1ccc(-c2nn(-c3ccccc3)cc2C=C2SC(N3CCN(Cc4ccccc4)CC3)=NC2=O)cc1. The van der Waals surface area contributed by atoms with E-state index in [-0.39, 0.29) is 5.91 Å². The van der Waals surface area contributed by atoms with E-state index in [2.05, 4.69) is 76.3 Å². The van der Waals surface area contributed by atoms with Crippen LogP contribution in [0.2, 0.25) is 0 Å². The Morgan fingerprint density at radius 2 is 1.60 bits per heavy atom. The summed E-state index contributed by atoms with van der Waals surface area (Å²) in [5.41, 5.74) is 5.07. The fraction of sp³-hybridized carbons (Fsp3) is 0.219. The minimum absolute atomic E-state index is 0.181. The molecule has 40 heavy (non-hydrogen) atoms. The summed E-state index contributed by atoms with van der Waals surface area (Å²) < 4.78 is 1.88. The number of rotatable bonds is 7. The molecule has 0 aliphatic carbocycles. The monoisotopic (exact) mass is 565 g/mol. The first-order valence-electron chi connectivity index (χ1n) is 13.6. The first-order chi connectivity index (χ1) is 19.7. The molecule has 0 atom stereocenters. The minimum Gasteiger partial charge on any atom is -0.348 e. The van der Waals surface area contributed by atoms with Gasteiger partial charge in [-0.2, -0.15) is 10.1 Å². The molecule has 0 bridgehead atoms. The minimum atomic E-state index is -0.181. The van der Waals surface area contributed by atoms with Crippen molar-refractivity contribution in [2.24, 2.45) is 4.99 Å². The van der Waals surface area contributed by atoms with Gasteiger partial charge in [0.2, 0.25) is 0 Å². The number of carbonyl (C=O) groups is 1. The van der Waals surface area contributed by atoms with Crippen LogP contribution in [0, 0.1) is 0 Å². The summed E-state index contributed by atoms with van der Waals surface area (Å²) in [6, 6.07) is 29.1. The molecule has 8 heteroatoms. The van der Waals surface area contributed by atoms with Crippen LogP contribution in [-0.2, 0) is 11.3 Å². The zero-order valence-corrected chi connectivity index (χ0v) is 24.1. The smallest absolute Gasteiger partial charge is 0.286 e. The van der Waals surface area contributed by atoms with E-state index in [4.69, 9.17) is 5.10 Å². The Hall–Kier alpha value is -3.59. The van der Waals surface area contributed by atoms with Gasteiger partial charge in [0.05, 0.1) is 16.3 Å². The molecule has 0 radical (unpaired) electrons. The molecule has 0 saturated carbocycles. The van der Waals surface area contributed by atoms with Crippen molar-refractivity contribution < 1.29 is 4.79 Å². The molecule has 4 aromatic rings. The Labute approximate surface area is 243 Å². The third-order valence-electron chi connectivity index (χ3n) is 6.99. The Kier molecular flexibility index (Phi) is 8.18. The van der Waals surface area contributed by atoms with E-state index < -0.39 is 0 Å². The summed E-state index contributed by atoms with van der Waals surface area (Å²) in [5, 5.41) is 5.74. The second-order valence-electron chi connectivity index (χ2n) is 9.73. The van der Waals surface area contributed by atoms with Crippen LogP contribution in [0.3, 0.4) is 0 Å². The lowest BCUT2D eigenvalue weighted by molar-refractivity contribution is -0.113. The van der Waals surface area contributed by atoms with Crippen molar-refractivity contribution in [1.82, 2.24) is 19.6 Å². The topological polar surface area (TPSA) is 53.7 Å². The third-order valence-corrected chi connectivity index (χ3v) is 8.93. The predicted octanol–water partition coefficient (Wildman–Crippen LogP) is 6.44. The van der Waals surface area contributed by atoms with Crippen LogP contribution in [0.15, 0.2) is 106 Å². The van der Waals surface area contributed by atoms with Crippen LogP contribution in [0.25, 0.3) is 23.0 Å². The Morgan fingerprint density at radius 1 is 0.900 bits per heavy atom. The normalized spacial score (nSPS) is 17.0. The molecule has 3 heterocycles. The molecule has 1 saturated heterocycles. The molecule has 3 aromatic carbocycles. The lowest BCUT2D eigenvalue weighted by Gasteiger charge is -2.35. The number of thioether (sulfide) groups is 2. The fourth-order valence-corrected chi connectivity index (χ4v) is 6.54. The molecule has 2 aliphatic rings. The molecule has 0 unspecified atom stereocenters. The highest BCUT2D eigenvalue weighted by Gasteiger charge is 2.29. The van der Waals surface area contributed by atoms with Crippen molar-refractivity contribution in [2.45, 2.75) is 18.4 Å². The van der Waals surface area contributed by atoms with Gasteiger partial charge in [0.1, 0.15) is 0 Å². The number of amides is 1. The van der Waals surface area contributed by atoms with E-state index in [1.807, 2.05) is 59.0 Å². The van der Waals surface area contributed by atoms with Crippen LogP contribution >= 0.6 is 23.5 Å². The Bertz CT molecular complexity index is 1520. The van der Waals surface area contributed by atoms with Crippen molar-refractivity contribution in [2.75, 3.05) is 31.9 Å². The van der Waals surface area contributed by atoms with Crippen LogP contribution in [0.1, 0.15) is 18.1 Å². The summed E-state index contributed by atoms with van der Waals surface area (Å²) in [6.07, 6.45) is 3.95. The van der Waals surface area contributed by atoms with Crippen LogP contribution < -0.4 is 0 Å². The van der Waals surface area contributed by atoms with Crippen molar-refractivity contribution in [3.05, 3.63) is 107 Å². The first kappa shape index (κ1) is 26.6. The second kappa shape index (κ2) is 12.3. The average Bonchev–Trinajstić information content (AvgIpc) is 3.59. The van der Waals surface area contributed by atoms with Crippen molar-refractivity contribution in [1.29, 1.82) is 0 Å². The Balaban J connectivity index is 1.20. The van der Waals surface area contributed by atoms with Gasteiger partial charge in [-0.3, -0.25) is 9.69 Å². The van der Waals surface area contributed by atoms with Gasteiger partial charge in [0, 0.05) is 54.9 Å². The van der Waals surface area contributed by atoms with Crippen LogP contribution in [0.5, 0.6) is 0 Å². The molecule has 2 aliphatic heterocycles. The zero-order valence-electron chi connectivity index (χ0n) is 22.4. The Morgan fingerprint density at radius 3 is 2.30 bits per heavy atom.